The minimum atomic E-state index is -3.82. The van der Waals surface area contributed by atoms with Crippen LogP contribution in [0.2, 0.25) is 0 Å². The van der Waals surface area contributed by atoms with Crippen LogP contribution in [-0.2, 0) is 10.0 Å². The molecule has 0 aliphatic carbocycles. The van der Waals surface area contributed by atoms with Crippen molar-refractivity contribution in [2.45, 2.75) is 19.1 Å². The van der Waals surface area contributed by atoms with Gasteiger partial charge >= 0.3 is 5.69 Å². The van der Waals surface area contributed by atoms with E-state index in [2.05, 4.69) is 4.98 Å². The van der Waals surface area contributed by atoms with Gasteiger partial charge in [-0.15, -0.1) is 0 Å². The molecule has 27 heavy (non-hydrogen) atoms. The molecule has 0 spiro atoms. The van der Waals surface area contributed by atoms with Gasteiger partial charge in [0, 0.05) is 17.7 Å². The van der Waals surface area contributed by atoms with Gasteiger partial charge in [-0.2, -0.15) is 0 Å². The summed E-state index contributed by atoms with van der Waals surface area (Å²) in [7, 11) is -2.34. The number of fused-ring (bicyclic) bond motifs is 1. The van der Waals surface area contributed by atoms with Crippen LogP contribution in [0.5, 0.6) is 11.5 Å². The molecule has 0 fully saturated rings. The summed E-state index contributed by atoms with van der Waals surface area (Å²) in [4.78, 5) is 14.8. The van der Waals surface area contributed by atoms with Gasteiger partial charge in [-0.05, 0) is 38.1 Å². The van der Waals surface area contributed by atoms with Crippen LogP contribution in [0, 0.1) is 10.1 Å². The molecule has 0 radical (unpaired) electrons. The van der Waals surface area contributed by atoms with E-state index in [9.17, 15) is 23.6 Å². The number of imidazole rings is 1. The highest BCUT2D eigenvalue weighted by Crippen LogP contribution is 2.34. The summed E-state index contributed by atoms with van der Waals surface area (Å²) in [6.45, 7) is 3.07. The van der Waals surface area contributed by atoms with Crippen molar-refractivity contribution < 1.29 is 23.2 Å². The molecule has 0 bridgehead atoms. The highest BCUT2D eigenvalue weighted by molar-refractivity contribution is 7.90. The standard InChI is InChI=1S/C17H17N3O6S/c1-10(2)27(24,25)19-14-6-5-12(26-3)9-13(14)18-17(19)11-4-7-16(21)15(8-11)20(22)23/h4-10,21H,1-3H3. The Morgan fingerprint density at radius 3 is 2.52 bits per heavy atom. The third kappa shape index (κ3) is 3.08. The van der Waals surface area contributed by atoms with Crippen LogP contribution in [0.1, 0.15) is 13.8 Å². The number of methoxy groups -OCH3 is 1. The Kier molecular flexibility index (Phi) is 4.52. The zero-order chi connectivity index (χ0) is 19.9. The fraction of sp³-hybridized carbons (Fsp3) is 0.235. The maximum Gasteiger partial charge on any atom is 0.311 e. The number of nitrogens with zero attached hydrogens (tertiary/aromatic N) is 3. The largest absolute Gasteiger partial charge is 0.502 e. The highest BCUT2D eigenvalue weighted by Gasteiger charge is 2.27. The number of phenolic OH excluding ortho intramolecular Hbond substituents is 1. The average molecular weight is 391 g/mol. The topological polar surface area (TPSA) is 125 Å². The van der Waals surface area contributed by atoms with E-state index in [4.69, 9.17) is 4.74 Å². The molecule has 0 aliphatic heterocycles. The minimum Gasteiger partial charge on any atom is -0.502 e. The van der Waals surface area contributed by atoms with Crippen molar-refractivity contribution in [2.75, 3.05) is 7.11 Å². The molecular weight excluding hydrogens is 374 g/mol. The van der Waals surface area contributed by atoms with Gasteiger partial charge in [-0.25, -0.2) is 17.4 Å². The van der Waals surface area contributed by atoms with Gasteiger partial charge in [-0.1, -0.05) is 0 Å². The normalized spacial score (nSPS) is 11.9. The Morgan fingerprint density at radius 1 is 1.22 bits per heavy atom. The zero-order valence-corrected chi connectivity index (χ0v) is 15.6. The van der Waals surface area contributed by atoms with Crippen molar-refractivity contribution in [1.82, 2.24) is 8.96 Å². The number of aromatic hydroxyl groups is 1. The van der Waals surface area contributed by atoms with Crippen LogP contribution in [0.25, 0.3) is 22.4 Å². The second-order valence-corrected chi connectivity index (χ2v) is 8.45. The second-order valence-electron chi connectivity index (χ2n) is 6.11. The molecule has 3 aromatic rings. The molecule has 1 heterocycles. The number of aromatic nitrogens is 2. The van der Waals surface area contributed by atoms with Gasteiger partial charge in [0.1, 0.15) is 5.75 Å². The van der Waals surface area contributed by atoms with E-state index in [0.717, 1.165) is 16.1 Å². The number of hydrogen-bond donors (Lipinski definition) is 1. The number of benzene rings is 2. The SMILES string of the molecule is COc1ccc2c(c1)nc(-c1ccc(O)c([N+](=O)[O-])c1)n2S(=O)(=O)C(C)C. The minimum absolute atomic E-state index is 0.0232. The summed E-state index contributed by atoms with van der Waals surface area (Å²) in [6, 6.07) is 8.38. The molecule has 0 unspecified atom stereocenters. The van der Waals surface area contributed by atoms with Crippen LogP contribution in [0.15, 0.2) is 36.4 Å². The van der Waals surface area contributed by atoms with E-state index in [1.54, 1.807) is 18.2 Å². The molecule has 9 nitrogen and oxygen atoms in total. The van der Waals surface area contributed by atoms with Gasteiger partial charge < -0.3 is 9.84 Å². The quantitative estimate of drug-likeness (QED) is 0.523. The number of phenols is 1. The number of ether oxygens (including phenoxy) is 1. The molecule has 1 N–H and O–H groups in total. The van der Waals surface area contributed by atoms with Gasteiger partial charge in [0.25, 0.3) is 0 Å². The summed E-state index contributed by atoms with van der Waals surface area (Å²) in [5.41, 5.74) is 0.351. The van der Waals surface area contributed by atoms with Crippen LogP contribution < -0.4 is 4.74 Å². The first-order chi connectivity index (χ1) is 12.7. The van der Waals surface area contributed by atoms with E-state index < -0.39 is 31.6 Å². The number of rotatable bonds is 5. The first-order valence-corrected chi connectivity index (χ1v) is 9.45. The van der Waals surface area contributed by atoms with Crippen molar-refractivity contribution >= 4 is 26.7 Å². The van der Waals surface area contributed by atoms with Crippen molar-refractivity contribution in [3.8, 4) is 22.9 Å². The van der Waals surface area contributed by atoms with Crippen molar-refractivity contribution in [3.05, 3.63) is 46.5 Å². The lowest BCUT2D eigenvalue weighted by atomic mass is 10.2. The van der Waals surface area contributed by atoms with Crippen molar-refractivity contribution in [1.29, 1.82) is 0 Å². The van der Waals surface area contributed by atoms with Gasteiger partial charge in [0.2, 0.25) is 10.0 Å². The molecule has 1 aromatic heterocycles. The van der Waals surface area contributed by atoms with E-state index in [0.29, 0.717) is 16.8 Å². The molecule has 3 rings (SSSR count). The Hall–Kier alpha value is -3.14. The van der Waals surface area contributed by atoms with E-state index in [1.807, 2.05) is 0 Å². The highest BCUT2D eigenvalue weighted by atomic mass is 32.2. The molecule has 0 atom stereocenters. The fourth-order valence-electron chi connectivity index (χ4n) is 2.62. The van der Waals surface area contributed by atoms with E-state index >= 15 is 0 Å². The van der Waals surface area contributed by atoms with Crippen molar-refractivity contribution in [2.24, 2.45) is 0 Å². The molecule has 0 saturated heterocycles. The third-order valence-electron chi connectivity index (χ3n) is 4.10. The van der Waals surface area contributed by atoms with Crippen LogP contribution >= 0.6 is 0 Å². The van der Waals surface area contributed by atoms with Gasteiger partial charge in [0.15, 0.2) is 11.6 Å². The molecular formula is C17H17N3O6S. The summed E-state index contributed by atoms with van der Waals surface area (Å²) in [5.74, 6) is 0.00665. The second kappa shape index (κ2) is 6.54. The van der Waals surface area contributed by atoms with E-state index in [1.165, 1.54) is 27.0 Å². The Morgan fingerprint density at radius 2 is 1.93 bits per heavy atom. The lowest BCUT2D eigenvalue weighted by Gasteiger charge is -2.13. The molecule has 0 saturated carbocycles. The summed E-state index contributed by atoms with van der Waals surface area (Å²) >= 11 is 0. The average Bonchev–Trinajstić information content (AvgIpc) is 3.00. The van der Waals surface area contributed by atoms with Crippen LogP contribution in [0.3, 0.4) is 0 Å². The van der Waals surface area contributed by atoms with Gasteiger partial charge in [-0.3, -0.25) is 10.1 Å². The Bertz CT molecular complexity index is 1150. The maximum atomic E-state index is 12.9. The lowest BCUT2D eigenvalue weighted by molar-refractivity contribution is -0.385. The molecule has 142 valence electrons. The number of hydrogen-bond acceptors (Lipinski definition) is 7. The Labute approximate surface area is 155 Å². The molecule has 2 aromatic carbocycles. The smallest absolute Gasteiger partial charge is 0.311 e. The molecule has 0 aliphatic rings. The predicted molar refractivity (Wildman–Crippen MR) is 99.5 cm³/mol. The van der Waals surface area contributed by atoms with Crippen molar-refractivity contribution in [3.63, 3.8) is 0 Å². The Balaban J connectivity index is 2.39. The van der Waals surface area contributed by atoms with Gasteiger partial charge in [0.05, 0.1) is 28.3 Å². The lowest BCUT2D eigenvalue weighted by Crippen LogP contribution is -2.23. The number of nitro benzene ring substituents is 1. The third-order valence-corrected chi connectivity index (χ3v) is 6.17. The first-order valence-electron chi connectivity index (χ1n) is 7.95. The zero-order valence-electron chi connectivity index (χ0n) is 14.8. The van der Waals surface area contributed by atoms with Crippen LogP contribution in [-0.4, -0.2) is 39.8 Å². The first kappa shape index (κ1) is 18.6. The number of nitro groups is 1. The summed E-state index contributed by atoms with van der Waals surface area (Å²) in [6.07, 6.45) is 0. The molecule has 0 amide bonds. The summed E-state index contributed by atoms with van der Waals surface area (Å²) < 4.78 is 32.1. The van der Waals surface area contributed by atoms with Crippen LogP contribution in [0.4, 0.5) is 5.69 Å². The predicted octanol–water partition coefficient (Wildman–Crippen LogP) is 2.91. The van der Waals surface area contributed by atoms with E-state index in [-0.39, 0.29) is 11.4 Å². The molecule has 10 heteroatoms. The monoisotopic (exact) mass is 391 g/mol. The maximum absolute atomic E-state index is 12.9. The summed E-state index contributed by atoms with van der Waals surface area (Å²) in [5, 5.41) is 20.1. The fourth-order valence-corrected chi connectivity index (χ4v) is 3.86.